The lowest BCUT2D eigenvalue weighted by Gasteiger charge is -2.32. The smallest absolute Gasteiger partial charge is 0.235 e. The summed E-state index contributed by atoms with van der Waals surface area (Å²) in [5.41, 5.74) is 3.84. The number of benzene rings is 4. The first kappa shape index (κ1) is 25.9. The van der Waals surface area contributed by atoms with Crippen LogP contribution in [-0.4, -0.2) is 17.6 Å². The lowest BCUT2D eigenvalue weighted by molar-refractivity contribution is -0.130. The Morgan fingerprint density at radius 2 is 1.23 bits per heavy atom. The van der Waals surface area contributed by atoms with Crippen molar-refractivity contribution in [3.8, 4) is 0 Å². The van der Waals surface area contributed by atoms with Crippen LogP contribution in [0.5, 0.6) is 0 Å². The fourth-order valence-corrected chi connectivity index (χ4v) is 5.03. The second kappa shape index (κ2) is 11.7. The molecular formula is C34H30N2O3. The molecular weight excluding hydrogens is 484 g/mol. The Balaban J connectivity index is 1.44. The molecule has 2 unspecified atom stereocenters. The van der Waals surface area contributed by atoms with Gasteiger partial charge in [-0.05, 0) is 56.2 Å². The summed E-state index contributed by atoms with van der Waals surface area (Å²) in [4.78, 5) is 42.9. The molecule has 0 heterocycles. The van der Waals surface area contributed by atoms with Crippen LogP contribution in [0, 0.1) is 18.8 Å². The number of amides is 2. The number of hydrogen-bond donors (Lipinski definition) is 1. The van der Waals surface area contributed by atoms with E-state index in [9.17, 15) is 14.4 Å². The van der Waals surface area contributed by atoms with Gasteiger partial charge in [0, 0.05) is 22.5 Å². The number of carbonyl (C=O) groups excluding carboxylic acids is 3. The summed E-state index contributed by atoms with van der Waals surface area (Å²) in [5, 5.41) is 3.00. The molecule has 0 aromatic heterocycles. The van der Waals surface area contributed by atoms with E-state index in [1.54, 1.807) is 29.2 Å². The number of nitrogens with one attached hydrogen (secondary N) is 1. The SMILES string of the molecule is Cc1ccc(NC(=O)C2CC=CCC2C(=O)N(c2ccccc2)c2ccccc2)c(C(=O)c2ccccc2)c1. The molecule has 5 nitrogen and oxygen atoms in total. The first-order valence-electron chi connectivity index (χ1n) is 13.1. The first-order valence-corrected chi connectivity index (χ1v) is 13.1. The molecule has 5 rings (SSSR count). The van der Waals surface area contributed by atoms with Crippen LogP contribution in [0.4, 0.5) is 17.1 Å². The Bertz CT molecular complexity index is 1460. The van der Waals surface area contributed by atoms with Gasteiger partial charge in [-0.2, -0.15) is 0 Å². The molecule has 1 N–H and O–H groups in total. The normalized spacial score (nSPS) is 16.3. The van der Waals surface area contributed by atoms with Crippen LogP contribution in [0.1, 0.15) is 34.3 Å². The van der Waals surface area contributed by atoms with Crippen molar-refractivity contribution in [2.45, 2.75) is 19.8 Å². The number of hydrogen-bond acceptors (Lipinski definition) is 3. The van der Waals surface area contributed by atoms with Gasteiger partial charge in [-0.3, -0.25) is 19.3 Å². The van der Waals surface area contributed by atoms with E-state index in [0.29, 0.717) is 29.7 Å². The van der Waals surface area contributed by atoms with Crippen LogP contribution >= 0.6 is 0 Å². The number of carbonyl (C=O) groups is 3. The Kier molecular flexibility index (Phi) is 7.78. The van der Waals surface area contributed by atoms with Gasteiger partial charge in [-0.1, -0.05) is 90.5 Å². The van der Waals surface area contributed by atoms with Gasteiger partial charge in [-0.25, -0.2) is 0 Å². The number of nitrogens with zero attached hydrogens (tertiary/aromatic N) is 1. The van der Waals surface area contributed by atoms with Gasteiger partial charge in [0.05, 0.1) is 17.5 Å². The molecule has 0 aliphatic heterocycles. The average Bonchev–Trinajstić information content (AvgIpc) is 2.99. The highest BCUT2D eigenvalue weighted by Crippen LogP contribution is 2.34. The monoisotopic (exact) mass is 514 g/mol. The predicted molar refractivity (Wildman–Crippen MR) is 155 cm³/mol. The fourth-order valence-electron chi connectivity index (χ4n) is 5.03. The van der Waals surface area contributed by atoms with Gasteiger partial charge in [0.1, 0.15) is 0 Å². The number of anilines is 3. The topological polar surface area (TPSA) is 66.5 Å². The Morgan fingerprint density at radius 1 is 0.692 bits per heavy atom. The zero-order valence-corrected chi connectivity index (χ0v) is 21.8. The van der Waals surface area contributed by atoms with E-state index in [-0.39, 0.29) is 17.6 Å². The minimum Gasteiger partial charge on any atom is -0.325 e. The number of para-hydroxylation sites is 2. The lowest BCUT2D eigenvalue weighted by atomic mass is 9.81. The Hall–Kier alpha value is -4.77. The average molecular weight is 515 g/mol. The predicted octanol–water partition coefficient (Wildman–Crippen LogP) is 7.11. The van der Waals surface area contributed by atoms with Crippen molar-refractivity contribution in [2.24, 2.45) is 11.8 Å². The van der Waals surface area contributed by atoms with E-state index in [4.69, 9.17) is 0 Å². The number of ketones is 1. The highest BCUT2D eigenvalue weighted by molar-refractivity contribution is 6.14. The van der Waals surface area contributed by atoms with Crippen molar-refractivity contribution >= 4 is 34.7 Å². The molecule has 194 valence electrons. The van der Waals surface area contributed by atoms with Crippen LogP contribution in [-0.2, 0) is 9.59 Å². The molecule has 1 aliphatic rings. The van der Waals surface area contributed by atoms with E-state index >= 15 is 0 Å². The van der Waals surface area contributed by atoms with E-state index in [1.165, 1.54) is 0 Å². The van der Waals surface area contributed by atoms with Crippen molar-refractivity contribution in [3.63, 3.8) is 0 Å². The van der Waals surface area contributed by atoms with Crippen molar-refractivity contribution < 1.29 is 14.4 Å². The third kappa shape index (κ3) is 5.73. The molecule has 4 aromatic rings. The maximum absolute atomic E-state index is 14.1. The van der Waals surface area contributed by atoms with Crippen LogP contribution in [0.2, 0.25) is 0 Å². The van der Waals surface area contributed by atoms with Gasteiger partial charge in [0.25, 0.3) is 0 Å². The molecule has 0 radical (unpaired) electrons. The van der Waals surface area contributed by atoms with Gasteiger partial charge in [-0.15, -0.1) is 0 Å². The van der Waals surface area contributed by atoms with Crippen LogP contribution in [0.25, 0.3) is 0 Å². The molecule has 0 saturated heterocycles. The van der Waals surface area contributed by atoms with Crippen molar-refractivity contribution in [2.75, 3.05) is 10.2 Å². The number of allylic oxidation sites excluding steroid dienone is 2. The standard InChI is InChI=1S/C34H30N2O3/c1-24-21-22-31(30(23-24)32(37)25-13-5-2-6-14-25)35-33(38)28-19-11-12-20-29(28)34(39)36(26-15-7-3-8-16-26)27-17-9-4-10-18-27/h2-18,21-23,28-29H,19-20H2,1H3,(H,35,38). The van der Waals surface area contributed by atoms with Gasteiger partial charge >= 0.3 is 0 Å². The summed E-state index contributed by atoms with van der Waals surface area (Å²) in [5.74, 6) is -1.72. The van der Waals surface area contributed by atoms with E-state index in [1.807, 2.05) is 104 Å². The molecule has 39 heavy (non-hydrogen) atoms. The van der Waals surface area contributed by atoms with Gasteiger partial charge < -0.3 is 5.32 Å². The Morgan fingerprint density at radius 3 is 1.82 bits per heavy atom. The van der Waals surface area contributed by atoms with Gasteiger partial charge in [0.15, 0.2) is 5.78 Å². The fraction of sp³-hybridized carbons (Fsp3) is 0.147. The van der Waals surface area contributed by atoms with Crippen LogP contribution < -0.4 is 10.2 Å². The lowest BCUT2D eigenvalue weighted by Crippen LogP contribution is -2.41. The molecule has 0 bridgehead atoms. The summed E-state index contributed by atoms with van der Waals surface area (Å²) < 4.78 is 0. The quantitative estimate of drug-likeness (QED) is 0.211. The second-order valence-electron chi connectivity index (χ2n) is 9.73. The second-order valence-corrected chi connectivity index (χ2v) is 9.73. The molecule has 0 saturated carbocycles. The van der Waals surface area contributed by atoms with Crippen LogP contribution in [0.15, 0.2) is 121 Å². The zero-order chi connectivity index (χ0) is 27.2. The molecule has 2 atom stereocenters. The third-order valence-electron chi connectivity index (χ3n) is 7.05. The number of aryl methyl sites for hydroxylation is 1. The van der Waals surface area contributed by atoms with Crippen molar-refractivity contribution in [1.29, 1.82) is 0 Å². The van der Waals surface area contributed by atoms with E-state index in [0.717, 1.165) is 16.9 Å². The summed E-state index contributed by atoms with van der Waals surface area (Å²) in [6, 6.07) is 33.4. The number of rotatable bonds is 7. The van der Waals surface area contributed by atoms with E-state index in [2.05, 4.69) is 5.32 Å². The minimum atomic E-state index is -0.585. The van der Waals surface area contributed by atoms with Crippen LogP contribution in [0.3, 0.4) is 0 Å². The maximum atomic E-state index is 14.1. The van der Waals surface area contributed by atoms with Gasteiger partial charge in [0.2, 0.25) is 11.8 Å². The highest BCUT2D eigenvalue weighted by Gasteiger charge is 2.37. The van der Waals surface area contributed by atoms with Crippen molar-refractivity contribution in [3.05, 3.63) is 138 Å². The summed E-state index contributed by atoms with van der Waals surface area (Å²) in [6.45, 7) is 1.91. The molecule has 5 heteroatoms. The molecule has 1 aliphatic carbocycles. The molecule has 2 amide bonds. The summed E-state index contributed by atoms with van der Waals surface area (Å²) in [7, 11) is 0. The van der Waals surface area contributed by atoms with E-state index < -0.39 is 11.8 Å². The first-order chi connectivity index (χ1) is 19.0. The highest BCUT2D eigenvalue weighted by atomic mass is 16.2. The summed E-state index contributed by atoms with van der Waals surface area (Å²) >= 11 is 0. The molecule has 0 spiro atoms. The third-order valence-corrected chi connectivity index (χ3v) is 7.05. The van der Waals surface area contributed by atoms with Crippen molar-refractivity contribution in [1.82, 2.24) is 0 Å². The molecule has 0 fully saturated rings. The minimum absolute atomic E-state index is 0.138. The Labute approximate surface area is 228 Å². The maximum Gasteiger partial charge on any atom is 0.235 e. The summed E-state index contributed by atoms with van der Waals surface area (Å²) in [6.07, 6.45) is 4.82. The molecule has 4 aromatic carbocycles. The zero-order valence-electron chi connectivity index (χ0n) is 21.8. The largest absolute Gasteiger partial charge is 0.325 e.